The van der Waals surface area contributed by atoms with Crippen molar-refractivity contribution < 1.29 is 4.79 Å². The molecule has 0 aromatic heterocycles. The van der Waals surface area contributed by atoms with Crippen LogP contribution >= 0.6 is 0 Å². The molecule has 0 aromatic rings. The Morgan fingerprint density at radius 3 is 2.61 bits per heavy atom. The van der Waals surface area contributed by atoms with Crippen molar-refractivity contribution >= 4 is 5.91 Å². The van der Waals surface area contributed by atoms with Gasteiger partial charge >= 0.3 is 0 Å². The molecule has 1 amide bonds. The highest BCUT2D eigenvalue weighted by atomic mass is 16.2. The zero-order valence-electron chi connectivity index (χ0n) is 11.6. The summed E-state index contributed by atoms with van der Waals surface area (Å²) in [5.74, 6) is 2.10. The summed E-state index contributed by atoms with van der Waals surface area (Å²) in [7, 11) is 0. The number of carbonyl (C=O) groups excluding carboxylic acids is 1. The molecule has 1 aliphatic carbocycles. The van der Waals surface area contributed by atoms with Gasteiger partial charge in [-0.05, 0) is 44.1 Å². The Morgan fingerprint density at radius 1 is 1.33 bits per heavy atom. The van der Waals surface area contributed by atoms with Crippen LogP contribution in [0, 0.1) is 17.3 Å². The van der Waals surface area contributed by atoms with E-state index in [1.807, 2.05) is 0 Å². The van der Waals surface area contributed by atoms with Crippen molar-refractivity contribution in [1.29, 1.82) is 0 Å². The number of nitrogens with zero attached hydrogens (tertiary/aromatic N) is 1. The van der Waals surface area contributed by atoms with Gasteiger partial charge in [-0.2, -0.15) is 0 Å². The Hall–Kier alpha value is -0.570. The molecule has 0 spiro atoms. The number of amides is 1. The maximum Gasteiger partial charge on any atom is 0.230 e. The van der Waals surface area contributed by atoms with Crippen molar-refractivity contribution in [2.24, 2.45) is 17.3 Å². The number of nitrogens with one attached hydrogen (secondary N) is 1. The molecule has 2 heterocycles. The van der Waals surface area contributed by atoms with Gasteiger partial charge < -0.3 is 10.2 Å². The van der Waals surface area contributed by atoms with E-state index in [9.17, 15) is 4.79 Å². The lowest BCUT2D eigenvalue weighted by atomic mass is 9.81. The highest BCUT2D eigenvalue weighted by Gasteiger charge is 2.46. The van der Waals surface area contributed by atoms with Crippen molar-refractivity contribution in [3.63, 3.8) is 0 Å². The predicted octanol–water partition coefficient (Wildman–Crippen LogP) is 2.02. The lowest BCUT2D eigenvalue weighted by Gasteiger charge is -2.32. The molecular formula is C15H26N2O. The molecule has 3 rings (SSSR count). The number of rotatable bonds is 3. The lowest BCUT2D eigenvalue weighted by molar-refractivity contribution is -0.140. The average molecular weight is 250 g/mol. The largest absolute Gasteiger partial charge is 0.342 e. The third-order valence-electron chi connectivity index (χ3n) is 5.44. The Morgan fingerprint density at radius 2 is 2.06 bits per heavy atom. The van der Waals surface area contributed by atoms with Crippen LogP contribution in [0.1, 0.15) is 45.4 Å². The van der Waals surface area contributed by atoms with Crippen LogP contribution < -0.4 is 5.32 Å². The second-order valence-electron chi connectivity index (χ2n) is 6.62. The smallest absolute Gasteiger partial charge is 0.230 e. The molecule has 2 saturated heterocycles. The third kappa shape index (κ3) is 1.97. The summed E-state index contributed by atoms with van der Waals surface area (Å²) in [6.07, 6.45) is 7.32. The summed E-state index contributed by atoms with van der Waals surface area (Å²) < 4.78 is 0. The number of fused-ring (bicyclic) bond motifs is 1. The van der Waals surface area contributed by atoms with E-state index in [1.165, 1.54) is 19.3 Å². The molecule has 18 heavy (non-hydrogen) atoms. The molecule has 3 atom stereocenters. The van der Waals surface area contributed by atoms with Crippen LogP contribution in [0.2, 0.25) is 0 Å². The van der Waals surface area contributed by atoms with Gasteiger partial charge in [0.25, 0.3) is 0 Å². The highest BCUT2D eigenvalue weighted by Crippen LogP contribution is 2.41. The van der Waals surface area contributed by atoms with Gasteiger partial charge in [0, 0.05) is 19.6 Å². The Labute approximate surface area is 110 Å². The van der Waals surface area contributed by atoms with Crippen LogP contribution in [-0.2, 0) is 4.79 Å². The minimum Gasteiger partial charge on any atom is -0.342 e. The number of hydrogen-bond acceptors (Lipinski definition) is 2. The first-order chi connectivity index (χ1) is 8.75. The van der Waals surface area contributed by atoms with Crippen molar-refractivity contribution in [3.8, 4) is 0 Å². The van der Waals surface area contributed by atoms with Gasteiger partial charge in [0.1, 0.15) is 0 Å². The van der Waals surface area contributed by atoms with Crippen LogP contribution in [0.15, 0.2) is 0 Å². The average Bonchev–Trinajstić information content (AvgIpc) is 3.03. The number of hydrogen-bond donors (Lipinski definition) is 1. The molecule has 1 N–H and O–H groups in total. The van der Waals surface area contributed by atoms with Gasteiger partial charge in [0.05, 0.1) is 5.41 Å². The molecule has 3 unspecified atom stereocenters. The van der Waals surface area contributed by atoms with E-state index in [0.29, 0.717) is 5.91 Å². The first-order valence-electron chi connectivity index (χ1n) is 7.75. The summed E-state index contributed by atoms with van der Waals surface area (Å²) in [4.78, 5) is 15.1. The second kappa shape index (κ2) is 4.84. The van der Waals surface area contributed by atoms with Crippen molar-refractivity contribution in [2.75, 3.05) is 26.2 Å². The van der Waals surface area contributed by atoms with Gasteiger partial charge in [-0.1, -0.05) is 19.8 Å². The van der Waals surface area contributed by atoms with E-state index in [-0.39, 0.29) is 5.41 Å². The van der Waals surface area contributed by atoms with Gasteiger partial charge in [-0.15, -0.1) is 0 Å². The maximum atomic E-state index is 12.9. The van der Waals surface area contributed by atoms with Crippen LogP contribution in [0.4, 0.5) is 0 Å². The fourth-order valence-electron chi connectivity index (χ4n) is 4.46. The topological polar surface area (TPSA) is 32.3 Å². The van der Waals surface area contributed by atoms with Crippen LogP contribution in [0.3, 0.4) is 0 Å². The van der Waals surface area contributed by atoms with E-state index >= 15 is 0 Å². The molecule has 3 nitrogen and oxygen atoms in total. The van der Waals surface area contributed by atoms with Crippen molar-refractivity contribution in [2.45, 2.75) is 45.4 Å². The van der Waals surface area contributed by atoms with Crippen molar-refractivity contribution in [3.05, 3.63) is 0 Å². The SMILES string of the molecule is CCCC1(C(=O)N2CC3CCCC3C2)CCNC1. The van der Waals surface area contributed by atoms with Gasteiger partial charge in [0.15, 0.2) is 0 Å². The van der Waals surface area contributed by atoms with E-state index in [4.69, 9.17) is 0 Å². The molecule has 0 aromatic carbocycles. The normalized spacial score (nSPS) is 39.3. The molecule has 102 valence electrons. The van der Waals surface area contributed by atoms with Crippen molar-refractivity contribution in [1.82, 2.24) is 10.2 Å². The Kier molecular flexibility index (Phi) is 3.35. The minimum atomic E-state index is -0.0621. The number of likely N-dealkylation sites (tertiary alicyclic amines) is 1. The molecule has 2 aliphatic heterocycles. The zero-order valence-corrected chi connectivity index (χ0v) is 11.6. The molecule has 3 heteroatoms. The summed E-state index contributed by atoms with van der Waals surface area (Å²) in [5.41, 5.74) is -0.0621. The van der Waals surface area contributed by atoms with E-state index in [0.717, 1.165) is 57.3 Å². The molecule has 1 saturated carbocycles. The lowest BCUT2D eigenvalue weighted by Crippen LogP contribution is -2.44. The summed E-state index contributed by atoms with van der Waals surface area (Å²) in [6.45, 7) is 6.23. The van der Waals surface area contributed by atoms with E-state index in [2.05, 4.69) is 17.1 Å². The quantitative estimate of drug-likeness (QED) is 0.831. The van der Waals surface area contributed by atoms with Crippen LogP contribution in [0.5, 0.6) is 0 Å². The minimum absolute atomic E-state index is 0.0621. The summed E-state index contributed by atoms with van der Waals surface area (Å²) in [5, 5.41) is 3.41. The molecule has 3 fully saturated rings. The predicted molar refractivity (Wildman–Crippen MR) is 72.2 cm³/mol. The number of carbonyl (C=O) groups is 1. The van der Waals surface area contributed by atoms with E-state index < -0.39 is 0 Å². The monoisotopic (exact) mass is 250 g/mol. The summed E-state index contributed by atoms with van der Waals surface area (Å²) >= 11 is 0. The van der Waals surface area contributed by atoms with Gasteiger partial charge in [0.2, 0.25) is 5.91 Å². The standard InChI is InChI=1S/C15H26N2O/c1-2-6-15(7-8-16-11-15)14(18)17-9-12-4-3-5-13(12)10-17/h12-13,16H,2-11H2,1H3. The highest BCUT2D eigenvalue weighted by molar-refractivity contribution is 5.83. The molecular weight excluding hydrogens is 224 g/mol. The fourth-order valence-corrected chi connectivity index (χ4v) is 4.46. The first-order valence-corrected chi connectivity index (χ1v) is 7.75. The molecule has 3 aliphatic rings. The molecule has 0 radical (unpaired) electrons. The molecule has 0 bridgehead atoms. The summed E-state index contributed by atoms with van der Waals surface area (Å²) in [6, 6.07) is 0. The van der Waals surface area contributed by atoms with Crippen LogP contribution in [-0.4, -0.2) is 37.0 Å². The first kappa shape index (κ1) is 12.5. The fraction of sp³-hybridized carbons (Fsp3) is 0.933. The Balaban J connectivity index is 1.69. The third-order valence-corrected chi connectivity index (χ3v) is 5.44. The van der Waals surface area contributed by atoms with E-state index in [1.54, 1.807) is 0 Å². The van der Waals surface area contributed by atoms with Gasteiger partial charge in [-0.25, -0.2) is 0 Å². The zero-order chi connectivity index (χ0) is 12.6. The Bertz CT molecular complexity index is 310. The van der Waals surface area contributed by atoms with Gasteiger partial charge in [-0.3, -0.25) is 4.79 Å². The van der Waals surface area contributed by atoms with Crippen LogP contribution in [0.25, 0.3) is 0 Å². The maximum absolute atomic E-state index is 12.9. The second-order valence-corrected chi connectivity index (χ2v) is 6.62.